The van der Waals surface area contributed by atoms with Gasteiger partial charge in [0.1, 0.15) is 11.5 Å². The maximum Gasteiger partial charge on any atom is 0.355 e. The molecule has 15 heteroatoms. The molecule has 3 N–H and O–H groups in total. The zero-order chi connectivity index (χ0) is 30.7. The second-order valence-corrected chi connectivity index (χ2v) is 11.4. The van der Waals surface area contributed by atoms with Gasteiger partial charge in [-0.15, -0.1) is 11.3 Å². The lowest BCUT2D eigenvalue weighted by Crippen LogP contribution is -2.30. The van der Waals surface area contributed by atoms with Crippen LogP contribution in [-0.4, -0.2) is 49.4 Å². The highest BCUT2D eigenvalue weighted by molar-refractivity contribution is 7.16. The standard InChI is InChI=1S/C28H21ClN6O6S2/c1-41-28(40)25-19(7-9-24(37)34(25)13-21(36)17-11-32-42-14-17)20-10-23(31-12-18-6-8-22(29)43-18)35(33-20)27(39)16-4-2-15(3-5-16)26(30)38/h2-11,14,31H,12-13H2,1H3,(H2,30,38). The van der Waals surface area contributed by atoms with Crippen molar-refractivity contribution in [2.45, 2.75) is 13.1 Å². The van der Waals surface area contributed by atoms with E-state index in [1.807, 2.05) is 6.07 Å². The molecule has 0 radical (unpaired) electrons. The summed E-state index contributed by atoms with van der Waals surface area (Å²) >= 11 is 8.50. The first-order valence-corrected chi connectivity index (χ1v) is 14.5. The number of thiophene rings is 1. The minimum absolute atomic E-state index is 0.146. The molecule has 43 heavy (non-hydrogen) atoms. The van der Waals surface area contributed by atoms with Crippen molar-refractivity contribution in [3.8, 4) is 11.3 Å². The van der Waals surface area contributed by atoms with Crippen LogP contribution in [0.25, 0.3) is 11.3 Å². The summed E-state index contributed by atoms with van der Waals surface area (Å²) in [7, 11) is 1.15. The van der Waals surface area contributed by atoms with Crippen molar-refractivity contribution in [1.82, 2.24) is 18.7 Å². The number of anilines is 1. The van der Waals surface area contributed by atoms with E-state index < -0.39 is 35.7 Å². The number of pyridine rings is 1. The molecule has 0 saturated heterocycles. The lowest BCUT2D eigenvalue weighted by molar-refractivity contribution is 0.0587. The predicted molar refractivity (Wildman–Crippen MR) is 161 cm³/mol. The average Bonchev–Trinajstić information content (AvgIpc) is 3.78. The number of amides is 1. The van der Waals surface area contributed by atoms with Crippen LogP contribution >= 0.6 is 34.5 Å². The van der Waals surface area contributed by atoms with E-state index >= 15 is 0 Å². The normalized spacial score (nSPS) is 10.8. The maximum atomic E-state index is 13.6. The number of methoxy groups -OCH3 is 1. The van der Waals surface area contributed by atoms with Crippen molar-refractivity contribution in [1.29, 1.82) is 0 Å². The molecule has 5 rings (SSSR count). The number of halogens is 1. The summed E-state index contributed by atoms with van der Waals surface area (Å²) in [6.45, 7) is -0.158. The number of nitrogens with zero attached hydrogens (tertiary/aromatic N) is 4. The zero-order valence-electron chi connectivity index (χ0n) is 22.3. The summed E-state index contributed by atoms with van der Waals surface area (Å²) in [5.74, 6) is -2.25. The van der Waals surface area contributed by atoms with E-state index in [2.05, 4.69) is 14.8 Å². The Hall–Kier alpha value is -4.92. The number of benzene rings is 1. The topological polar surface area (TPSA) is 168 Å². The van der Waals surface area contributed by atoms with Gasteiger partial charge in [0, 0.05) is 39.1 Å². The third-order valence-electron chi connectivity index (χ3n) is 6.29. The number of rotatable bonds is 10. The Morgan fingerprint density at radius 2 is 1.77 bits per heavy atom. The molecule has 0 aliphatic carbocycles. The first-order chi connectivity index (χ1) is 20.7. The monoisotopic (exact) mass is 636 g/mol. The van der Waals surface area contributed by atoms with Gasteiger partial charge in [0.2, 0.25) is 5.91 Å². The van der Waals surface area contributed by atoms with Crippen LogP contribution in [0.3, 0.4) is 0 Å². The van der Waals surface area contributed by atoms with Crippen molar-refractivity contribution in [3.63, 3.8) is 0 Å². The summed E-state index contributed by atoms with van der Waals surface area (Å²) in [5.41, 5.74) is 5.51. The molecule has 0 bridgehead atoms. The third kappa shape index (κ3) is 6.30. The number of ketones is 1. The molecule has 0 aliphatic heterocycles. The van der Waals surface area contributed by atoms with Crippen LogP contribution in [0.1, 0.15) is 46.4 Å². The van der Waals surface area contributed by atoms with Gasteiger partial charge in [-0.1, -0.05) is 11.6 Å². The van der Waals surface area contributed by atoms with Crippen molar-refractivity contribution in [2.75, 3.05) is 12.4 Å². The van der Waals surface area contributed by atoms with Crippen LogP contribution in [0, 0.1) is 0 Å². The maximum absolute atomic E-state index is 13.6. The summed E-state index contributed by atoms with van der Waals surface area (Å²) in [6, 6.07) is 13.4. The molecule has 0 saturated carbocycles. The summed E-state index contributed by atoms with van der Waals surface area (Å²) in [4.78, 5) is 64.8. The molecule has 0 atom stereocenters. The van der Waals surface area contributed by atoms with Gasteiger partial charge in [-0.2, -0.15) is 9.78 Å². The van der Waals surface area contributed by atoms with Crippen molar-refractivity contribution in [3.05, 3.63) is 108 Å². The second-order valence-electron chi connectivity index (χ2n) is 8.98. The van der Waals surface area contributed by atoms with E-state index in [0.717, 1.165) is 32.8 Å². The number of hydrogen-bond donors (Lipinski definition) is 2. The third-order valence-corrected chi connectivity index (χ3v) is 8.10. The van der Waals surface area contributed by atoms with Crippen LogP contribution in [-0.2, 0) is 17.8 Å². The number of aromatic nitrogens is 4. The number of ether oxygens (including phenoxy) is 1. The van der Waals surface area contributed by atoms with E-state index in [9.17, 15) is 24.0 Å². The molecule has 12 nitrogen and oxygen atoms in total. The zero-order valence-corrected chi connectivity index (χ0v) is 24.7. The Kier molecular flexibility index (Phi) is 8.61. The summed E-state index contributed by atoms with van der Waals surface area (Å²) in [6.07, 6.45) is 1.38. The van der Waals surface area contributed by atoms with Crippen molar-refractivity contribution >= 4 is 63.9 Å². The molecule has 0 spiro atoms. The van der Waals surface area contributed by atoms with E-state index in [-0.39, 0.29) is 39.5 Å². The number of nitrogens with one attached hydrogen (secondary N) is 1. The van der Waals surface area contributed by atoms with Gasteiger partial charge in [-0.3, -0.25) is 23.7 Å². The molecule has 0 unspecified atom stereocenters. The minimum Gasteiger partial charge on any atom is -0.464 e. The van der Waals surface area contributed by atoms with Gasteiger partial charge in [-0.05, 0) is 54.0 Å². The Bertz CT molecular complexity index is 1910. The molecule has 4 aromatic heterocycles. The number of primary amides is 1. The van der Waals surface area contributed by atoms with Crippen molar-refractivity contribution in [2.24, 2.45) is 5.73 Å². The fraction of sp³-hybridized carbons (Fsp3) is 0.107. The van der Waals surface area contributed by atoms with E-state index in [1.54, 1.807) is 6.07 Å². The number of nitrogens with two attached hydrogens (primary N) is 1. The number of carbonyl (C=O) groups excluding carboxylic acids is 4. The van der Waals surface area contributed by atoms with E-state index in [4.69, 9.17) is 22.1 Å². The average molecular weight is 637 g/mol. The molecule has 218 valence electrons. The number of Topliss-reactive ketones (excluding diaryl/α,β-unsaturated/α-hetero) is 1. The molecular formula is C28H21ClN6O6S2. The van der Waals surface area contributed by atoms with E-state index in [1.165, 1.54) is 65.4 Å². The number of carbonyl (C=O) groups is 4. The van der Waals surface area contributed by atoms with Crippen LogP contribution in [0.5, 0.6) is 0 Å². The van der Waals surface area contributed by atoms with Gasteiger partial charge in [-0.25, -0.2) is 9.17 Å². The first-order valence-electron chi connectivity index (χ1n) is 12.4. The van der Waals surface area contributed by atoms with Gasteiger partial charge in [0.05, 0.1) is 42.0 Å². The second kappa shape index (κ2) is 12.5. The summed E-state index contributed by atoms with van der Waals surface area (Å²) < 4.78 is 11.6. The van der Waals surface area contributed by atoms with E-state index in [0.29, 0.717) is 10.9 Å². The largest absolute Gasteiger partial charge is 0.464 e. The first kappa shape index (κ1) is 29.6. The molecule has 0 aliphatic rings. The van der Waals surface area contributed by atoms with Gasteiger partial charge >= 0.3 is 5.97 Å². The van der Waals surface area contributed by atoms with Gasteiger partial charge in [0.25, 0.3) is 11.5 Å². The van der Waals surface area contributed by atoms with Crippen LogP contribution in [0.15, 0.2) is 71.0 Å². The fourth-order valence-corrected chi connectivity index (χ4v) is 5.72. The molecular weight excluding hydrogens is 616 g/mol. The van der Waals surface area contributed by atoms with Crippen LogP contribution < -0.4 is 16.6 Å². The molecule has 5 aromatic rings. The lowest BCUT2D eigenvalue weighted by atomic mass is 10.1. The molecule has 4 heterocycles. The highest BCUT2D eigenvalue weighted by Gasteiger charge is 2.25. The number of esters is 1. The highest BCUT2D eigenvalue weighted by atomic mass is 35.5. The van der Waals surface area contributed by atoms with Crippen molar-refractivity contribution < 1.29 is 23.9 Å². The van der Waals surface area contributed by atoms with Crippen LogP contribution in [0.4, 0.5) is 5.82 Å². The molecule has 0 fully saturated rings. The van der Waals surface area contributed by atoms with Gasteiger partial charge in [0.15, 0.2) is 5.78 Å². The summed E-state index contributed by atoms with van der Waals surface area (Å²) in [5, 5.41) is 9.19. The number of hydrogen-bond acceptors (Lipinski definition) is 11. The Morgan fingerprint density at radius 1 is 1.02 bits per heavy atom. The molecule has 1 amide bonds. The Morgan fingerprint density at radius 3 is 2.40 bits per heavy atom. The quantitative estimate of drug-likeness (QED) is 0.170. The fourth-order valence-electron chi connectivity index (χ4n) is 4.15. The smallest absolute Gasteiger partial charge is 0.355 e. The highest BCUT2D eigenvalue weighted by Crippen LogP contribution is 2.28. The SMILES string of the molecule is COC(=O)c1c(-c2cc(NCc3ccc(Cl)s3)n(C(=O)c3ccc(C(N)=O)cc3)n2)ccc(=O)n1CC(=O)c1cnsc1. The Labute approximate surface area is 256 Å². The Balaban J connectivity index is 1.60. The van der Waals surface area contributed by atoms with Gasteiger partial charge < -0.3 is 15.8 Å². The minimum atomic E-state index is -0.880. The predicted octanol–water partition coefficient (Wildman–Crippen LogP) is 3.95. The molecule has 1 aromatic carbocycles. The van der Waals surface area contributed by atoms with Crippen LogP contribution in [0.2, 0.25) is 4.34 Å². The lowest BCUT2D eigenvalue weighted by Gasteiger charge is -2.13.